The zero-order valence-corrected chi connectivity index (χ0v) is 9.65. The maximum atomic E-state index is 5.81. The molecule has 0 bridgehead atoms. The first kappa shape index (κ1) is 11.6. The summed E-state index contributed by atoms with van der Waals surface area (Å²) < 4.78 is 0. The molecule has 0 aliphatic carbocycles. The number of nitrogens with two attached hydrogens (primary N) is 1. The summed E-state index contributed by atoms with van der Waals surface area (Å²) >= 11 is 0. The fourth-order valence-electron chi connectivity index (χ4n) is 1.32. The molecule has 0 radical (unpaired) electrons. The van der Waals surface area contributed by atoms with Gasteiger partial charge in [0.2, 0.25) is 0 Å². The monoisotopic (exact) mass is 202 g/mol. The Hall–Kier alpha value is -1.46. The van der Waals surface area contributed by atoms with Gasteiger partial charge in [-0.05, 0) is 44.2 Å². The summed E-state index contributed by atoms with van der Waals surface area (Å²) in [7, 11) is 1.93. The number of rotatable bonds is 2. The molecular formula is C13H18N2. The highest BCUT2D eigenvalue weighted by Gasteiger charge is 1.98. The van der Waals surface area contributed by atoms with Crippen molar-refractivity contribution in [1.29, 1.82) is 0 Å². The number of nitrogens with one attached hydrogen (secondary N) is 1. The van der Waals surface area contributed by atoms with Crippen molar-refractivity contribution in [2.24, 2.45) is 0 Å². The second-order valence-electron chi connectivity index (χ2n) is 3.68. The normalized spacial score (nSPS) is 9.53. The summed E-state index contributed by atoms with van der Waals surface area (Å²) in [5.41, 5.74) is 9.97. The standard InChI is InChI=1S/C13H18N2/c1-10-9-13(14)11(2)8-12(10)6-4-5-7-15-3/h8-9,15H,5,7,14H2,1-3H3. The minimum atomic E-state index is 0.841. The fourth-order valence-corrected chi connectivity index (χ4v) is 1.32. The van der Waals surface area contributed by atoms with Gasteiger partial charge >= 0.3 is 0 Å². The first-order valence-electron chi connectivity index (χ1n) is 5.15. The molecule has 0 fully saturated rings. The summed E-state index contributed by atoms with van der Waals surface area (Å²) in [5, 5.41) is 3.07. The maximum absolute atomic E-state index is 5.81. The molecule has 0 aromatic heterocycles. The molecule has 0 spiro atoms. The molecule has 2 nitrogen and oxygen atoms in total. The third-order valence-electron chi connectivity index (χ3n) is 2.34. The number of hydrogen-bond donors (Lipinski definition) is 2. The van der Waals surface area contributed by atoms with Gasteiger partial charge in [0, 0.05) is 24.2 Å². The molecule has 1 aromatic carbocycles. The van der Waals surface area contributed by atoms with Gasteiger partial charge in [-0.1, -0.05) is 11.8 Å². The van der Waals surface area contributed by atoms with Crippen LogP contribution in [0.2, 0.25) is 0 Å². The van der Waals surface area contributed by atoms with E-state index in [0.717, 1.165) is 35.3 Å². The van der Waals surface area contributed by atoms with Crippen LogP contribution in [0.4, 0.5) is 5.69 Å². The first-order chi connectivity index (χ1) is 7.15. The molecule has 2 heteroatoms. The van der Waals surface area contributed by atoms with Crippen LogP contribution in [-0.4, -0.2) is 13.6 Å². The smallest absolute Gasteiger partial charge is 0.0347 e. The van der Waals surface area contributed by atoms with Crippen molar-refractivity contribution in [1.82, 2.24) is 5.32 Å². The van der Waals surface area contributed by atoms with Crippen molar-refractivity contribution in [3.63, 3.8) is 0 Å². The average molecular weight is 202 g/mol. The van der Waals surface area contributed by atoms with Crippen LogP contribution in [0, 0.1) is 25.7 Å². The van der Waals surface area contributed by atoms with E-state index in [2.05, 4.69) is 23.2 Å². The molecule has 0 saturated carbocycles. The van der Waals surface area contributed by atoms with E-state index in [1.54, 1.807) is 0 Å². The van der Waals surface area contributed by atoms with Gasteiger partial charge in [-0.3, -0.25) is 0 Å². The molecule has 80 valence electrons. The number of aryl methyl sites for hydroxylation is 2. The molecule has 1 rings (SSSR count). The highest BCUT2D eigenvalue weighted by molar-refractivity contribution is 5.55. The Labute approximate surface area is 91.9 Å². The van der Waals surface area contributed by atoms with Crippen molar-refractivity contribution in [3.05, 3.63) is 28.8 Å². The molecule has 0 aliphatic rings. The molecule has 0 heterocycles. The molecular weight excluding hydrogens is 184 g/mol. The fraction of sp³-hybridized carbons (Fsp3) is 0.385. The van der Waals surface area contributed by atoms with Crippen LogP contribution in [0.25, 0.3) is 0 Å². The van der Waals surface area contributed by atoms with Crippen molar-refractivity contribution >= 4 is 5.69 Å². The lowest BCUT2D eigenvalue weighted by Gasteiger charge is -2.03. The zero-order valence-electron chi connectivity index (χ0n) is 9.65. The van der Waals surface area contributed by atoms with Gasteiger partial charge in [-0.15, -0.1) is 0 Å². The van der Waals surface area contributed by atoms with Crippen LogP contribution >= 0.6 is 0 Å². The van der Waals surface area contributed by atoms with Gasteiger partial charge in [-0.25, -0.2) is 0 Å². The van der Waals surface area contributed by atoms with E-state index in [1.807, 2.05) is 27.0 Å². The lowest BCUT2D eigenvalue weighted by Crippen LogP contribution is -2.05. The van der Waals surface area contributed by atoms with Crippen LogP contribution < -0.4 is 11.1 Å². The molecule has 0 atom stereocenters. The molecule has 0 aliphatic heterocycles. The number of anilines is 1. The zero-order chi connectivity index (χ0) is 11.3. The Morgan fingerprint density at radius 3 is 2.67 bits per heavy atom. The summed E-state index contributed by atoms with van der Waals surface area (Å²) in [6.07, 6.45) is 0.874. The van der Waals surface area contributed by atoms with Crippen LogP contribution in [-0.2, 0) is 0 Å². The molecule has 0 amide bonds. The van der Waals surface area contributed by atoms with E-state index in [9.17, 15) is 0 Å². The number of benzene rings is 1. The second-order valence-corrected chi connectivity index (χ2v) is 3.68. The Kier molecular flexibility index (Phi) is 4.20. The topological polar surface area (TPSA) is 38.0 Å². The molecule has 0 saturated heterocycles. The largest absolute Gasteiger partial charge is 0.399 e. The van der Waals surface area contributed by atoms with E-state index in [4.69, 9.17) is 5.73 Å². The van der Waals surface area contributed by atoms with E-state index in [-0.39, 0.29) is 0 Å². The van der Waals surface area contributed by atoms with E-state index < -0.39 is 0 Å². The Balaban J connectivity index is 2.84. The Morgan fingerprint density at radius 2 is 2.00 bits per heavy atom. The lowest BCUT2D eigenvalue weighted by atomic mass is 10.0. The number of hydrogen-bond acceptors (Lipinski definition) is 2. The predicted octanol–water partition coefficient (Wildman–Crippen LogP) is 1.85. The maximum Gasteiger partial charge on any atom is 0.0347 e. The van der Waals surface area contributed by atoms with Crippen molar-refractivity contribution in [3.8, 4) is 11.8 Å². The first-order valence-corrected chi connectivity index (χ1v) is 5.15. The van der Waals surface area contributed by atoms with Gasteiger partial charge in [0.05, 0.1) is 0 Å². The summed E-state index contributed by atoms with van der Waals surface area (Å²) in [5.74, 6) is 6.31. The Morgan fingerprint density at radius 1 is 1.27 bits per heavy atom. The average Bonchev–Trinajstić information content (AvgIpc) is 2.20. The third kappa shape index (κ3) is 3.30. The van der Waals surface area contributed by atoms with Crippen LogP contribution in [0.5, 0.6) is 0 Å². The van der Waals surface area contributed by atoms with Crippen LogP contribution in [0.1, 0.15) is 23.1 Å². The molecule has 15 heavy (non-hydrogen) atoms. The van der Waals surface area contributed by atoms with Gasteiger partial charge in [-0.2, -0.15) is 0 Å². The third-order valence-corrected chi connectivity index (χ3v) is 2.34. The second kappa shape index (κ2) is 5.43. The quantitative estimate of drug-likeness (QED) is 0.436. The summed E-state index contributed by atoms with van der Waals surface area (Å²) in [6.45, 7) is 4.98. The predicted molar refractivity (Wildman–Crippen MR) is 65.8 cm³/mol. The molecule has 1 aromatic rings. The van der Waals surface area contributed by atoms with Crippen molar-refractivity contribution in [2.45, 2.75) is 20.3 Å². The molecule has 3 N–H and O–H groups in total. The van der Waals surface area contributed by atoms with E-state index in [0.29, 0.717) is 0 Å². The van der Waals surface area contributed by atoms with Gasteiger partial charge in [0.15, 0.2) is 0 Å². The lowest BCUT2D eigenvalue weighted by molar-refractivity contribution is 0.818. The van der Waals surface area contributed by atoms with Gasteiger partial charge in [0.1, 0.15) is 0 Å². The summed E-state index contributed by atoms with van der Waals surface area (Å²) in [6, 6.07) is 4.04. The van der Waals surface area contributed by atoms with E-state index >= 15 is 0 Å². The SMILES string of the molecule is CNCCC#Cc1cc(C)c(N)cc1C. The van der Waals surface area contributed by atoms with Crippen molar-refractivity contribution < 1.29 is 0 Å². The molecule has 0 unspecified atom stereocenters. The minimum absolute atomic E-state index is 0.841. The minimum Gasteiger partial charge on any atom is -0.399 e. The van der Waals surface area contributed by atoms with Gasteiger partial charge in [0.25, 0.3) is 0 Å². The van der Waals surface area contributed by atoms with E-state index in [1.165, 1.54) is 0 Å². The van der Waals surface area contributed by atoms with Crippen LogP contribution in [0.15, 0.2) is 12.1 Å². The van der Waals surface area contributed by atoms with Crippen LogP contribution in [0.3, 0.4) is 0 Å². The highest BCUT2D eigenvalue weighted by Crippen LogP contribution is 2.16. The number of nitrogen functional groups attached to an aromatic ring is 1. The highest BCUT2D eigenvalue weighted by atomic mass is 14.8. The van der Waals surface area contributed by atoms with Crippen molar-refractivity contribution in [2.75, 3.05) is 19.3 Å². The Bertz CT molecular complexity index is 397. The summed E-state index contributed by atoms with van der Waals surface area (Å²) in [4.78, 5) is 0. The van der Waals surface area contributed by atoms with Gasteiger partial charge < -0.3 is 11.1 Å².